The zero-order chi connectivity index (χ0) is 101. The molecule has 0 aliphatic heterocycles. The molecule has 10 saturated carbocycles. The molecule has 774 valence electrons. The molecule has 143 heavy (non-hydrogen) atoms. The number of unbranched alkanes of at least 4 members (excludes halogenated alkanes) is 1. The number of aryl methyl sites for hydroxylation is 2. The maximum absolute atomic E-state index is 13.0. The smallest absolute Gasteiger partial charge is 0.277 e. The van der Waals surface area contributed by atoms with Gasteiger partial charge in [-0.25, -0.2) is 0 Å². The molecule has 10 fully saturated rings. The van der Waals surface area contributed by atoms with Crippen LogP contribution in [0.4, 0.5) is 5.69 Å². The number of amides is 7. The van der Waals surface area contributed by atoms with Crippen LogP contribution >= 0.6 is 0 Å². The van der Waals surface area contributed by atoms with Gasteiger partial charge < -0.3 is 70.1 Å². The Balaban J connectivity index is 0.000000137. The number of carbonyl (C=O) groups is 8. The van der Waals surface area contributed by atoms with Crippen molar-refractivity contribution in [2.45, 2.75) is 404 Å². The molecule has 0 saturated heterocycles. The molecule has 0 spiro atoms. The summed E-state index contributed by atoms with van der Waals surface area (Å²) in [5.74, 6) is 9.21. The number of rotatable bonds is 39. The molecule has 0 bridgehead atoms. The summed E-state index contributed by atoms with van der Waals surface area (Å²) >= 11 is 0. The Labute approximate surface area is 844 Å². The van der Waals surface area contributed by atoms with Crippen molar-refractivity contribution < 1.29 is 65.5 Å². The summed E-state index contributed by atoms with van der Waals surface area (Å²) in [6.07, 6.45) is 46.2. The Morgan fingerprint density at radius 2 is 0.860 bits per heavy atom. The molecular weight excluding hydrogens is 1800 g/mol. The van der Waals surface area contributed by atoms with Crippen molar-refractivity contribution in [1.82, 2.24) is 67.7 Å². The molecule has 4 atom stereocenters. The highest BCUT2D eigenvalue weighted by Gasteiger charge is 2.38. The van der Waals surface area contributed by atoms with Gasteiger partial charge in [0, 0.05) is 128 Å². The van der Waals surface area contributed by atoms with Crippen molar-refractivity contribution in [1.29, 1.82) is 0 Å². The Bertz CT molecular complexity index is 5460. The number of nitrogens with zero attached hydrogens (tertiary/aromatic N) is 7. The van der Waals surface area contributed by atoms with Gasteiger partial charge in [-0.3, -0.25) is 43.3 Å². The predicted molar refractivity (Wildman–Crippen MR) is 549 cm³/mol. The monoisotopic (exact) mass is 1960 g/mol. The molecule has 6 aromatic heterocycles. The van der Waals surface area contributed by atoms with Crippen LogP contribution in [0.5, 0.6) is 0 Å². The largest absolute Gasteiger partial charge is 0.361 e. The molecule has 3 aromatic carbocycles. The SMILES string of the molecule is CCC(=O)NC1CCC(CC(=O)C(C)NC(=O)c2cc(C3CC3)on2)CC1.CCCC(NC(=O)c1cc(C2CC2)on1)C1CCCCC1.CCCCc1cc(C(=O)NC2CCC(C)CC2)no1.CCN(CC)Cc1cccc(C(NC(=O)c2cc(C3CC3)on2)C2CCCCC2)c1.CCc1cc(CN)ccc1NC(=O)c1cc(C2CC2)on1.O=C(NC(Cc1ccccc1)C1CCCCC1)c1cc(C2CC2)on1. The number of nitrogens with one attached hydrogen (secondary N) is 7. The van der Waals surface area contributed by atoms with Crippen LogP contribution in [0.15, 0.2) is 136 Å². The van der Waals surface area contributed by atoms with Crippen molar-refractivity contribution in [3.8, 4) is 0 Å². The van der Waals surface area contributed by atoms with E-state index in [1.54, 1.807) is 25.1 Å². The van der Waals surface area contributed by atoms with Crippen molar-refractivity contribution in [3.05, 3.63) is 206 Å². The van der Waals surface area contributed by atoms with Gasteiger partial charge in [0.15, 0.2) is 39.9 Å². The van der Waals surface area contributed by atoms with Crippen LogP contribution in [0.2, 0.25) is 0 Å². The van der Waals surface area contributed by atoms with E-state index in [2.05, 4.69) is 156 Å². The van der Waals surface area contributed by atoms with Gasteiger partial charge >= 0.3 is 0 Å². The quantitative estimate of drug-likeness (QED) is 0.0177. The molecule has 29 nitrogen and oxygen atoms in total. The van der Waals surface area contributed by atoms with Gasteiger partial charge in [0.25, 0.3) is 35.4 Å². The second kappa shape index (κ2) is 54.7. The Morgan fingerprint density at radius 3 is 1.34 bits per heavy atom. The van der Waals surface area contributed by atoms with Gasteiger partial charge in [-0.1, -0.05) is 217 Å². The summed E-state index contributed by atoms with van der Waals surface area (Å²) in [4.78, 5) is 101. The van der Waals surface area contributed by atoms with Crippen molar-refractivity contribution in [2.75, 3.05) is 18.4 Å². The number of carbonyl (C=O) groups excluding carboxylic acids is 8. The zero-order valence-corrected chi connectivity index (χ0v) is 86.1. The molecule has 19 rings (SSSR count). The fourth-order valence-corrected chi connectivity index (χ4v) is 20.6. The number of benzene rings is 3. The molecule has 9 N–H and O–H groups in total. The molecule has 0 radical (unpaired) electrons. The third-order valence-corrected chi connectivity index (χ3v) is 30.5. The maximum atomic E-state index is 13.0. The molecule has 29 heteroatoms. The van der Waals surface area contributed by atoms with Gasteiger partial charge in [-0.2, -0.15) is 0 Å². The molecule has 9 aromatic rings. The summed E-state index contributed by atoms with van der Waals surface area (Å²) in [5.41, 5.74) is 14.7. The number of anilines is 1. The third-order valence-electron chi connectivity index (χ3n) is 30.5. The summed E-state index contributed by atoms with van der Waals surface area (Å²) in [6, 6.07) is 36.2. The second-order valence-corrected chi connectivity index (χ2v) is 42.2. The van der Waals surface area contributed by atoms with Crippen molar-refractivity contribution >= 4 is 52.8 Å². The van der Waals surface area contributed by atoms with E-state index in [0.717, 1.165) is 237 Å². The summed E-state index contributed by atoms with van der Waals surface area (Å²) in [5, 5.41) is 45.1. The van der Waals surface area contributed by atoms with E-state index in [1.807, 2.05) is 56.3 Å². The highest BCUT2D eigenvalue weighted by Crippen LogP contribution is 2.45. The minimum atomic E-state index is -0.545. The van der Waals surface area contributed by atoms with E-state index in [0.29, 0.717) is 113 Å². The second-order valence-electron chi connectivity index (χ2n) is 42.2. The summed E-state index contributed by atoms with van der Waals surface area (Å²) in [7, 11) is 0. The lowest BCUT2D eigenvalue weighted by Crippen LogP contribution is -2.42. The van der Waals surface area contributed by atoms with E-state index in [4.69, 9.17) is 32.9 Å². The highest BCUT2D eigenvalue weighted by atomic mass is 16.5. The fourth-order valence-electron chi connectivity index (χ4n) is 20.6. The minimum absolute atomic E-state index is 0.0236. The predicted octanol–water partition coefficient (Wildman–Crippen LogP) is 22.8. The van der Waals surface area contributed by atoms with Crippen LogP contribution in [0.25, 0.3) is 0 Å². The van der Waals surface area contributed by atoms with Crippen LogP contribution in [0.3, 0.4) is 0 Å². The van der Waals surface area contributed by atoms with Crippen LogP contribution < -0.4 is 43.0 Å². The van der Waals surface area contributed by atoms with Crippen molar-refractivity contribution in [3.63, 3.8) is 0 Å². The van der Waals surface area contributed by atoms with E-state index in [9.17, 15) is 38.4 Å². The lowest BCUT2D eigenvalue weighted by molar-refractivity contribution is -0.123. The maximum Gasteiger partial charge on any atom is 0.277 e. The van der Waals surface area contributed by atoms with E-state index in [-0.39, 0.29) is 71.0 Å². The molecular formula is C114H159N15O14. The molecule has 10 aliphatic rings. The van der Waals surface area contributed by atoms with Gasteiger partial charge in [-0.15, -0.1) is 0 Å². The zero-order valence-electron chi connectivity index (χ0n) is 86.1. The number of aromatic nitrogens is 6. The Hall–Kier alpha value is -11.2. The van der Waals surface area contributed by atoms with Crippen LogP contribution in [0.1, 0.15) is 467 Å². The first-order chi connectivity index (χ1) is 69.6. The van der Waals surface area contributed by atoms with E-state index in [1.165, 1.54) is 113 Å². The van der Waals surface area contributed by atoms with Gasteiger partial charge in [-0.05, 0) is 263 Å². The lowest BCUT2D eigenvalue weighted by atomic mass is 9.80. The first-order valence-corrected chi connectivity index (χ1v) is 54.7. The lowest BCUT2D eigenvalue weighted by Gasteiger charge is -2.31. The normalized spacial score (nSPS) is 20.0. The number of hydrogen-bond acceptors (Lipinski definition) is 22. The van der Waals surface area contributed by atoms with E-state index < -0.39 is 6.04 Å². The van der Waals surface area contributed by atoms with Crippen LogP contribution in [-0.4, -0.2) is 126 Å². The fraction of sp³-hybridized carbons (Fsp3) is 0.614. The third kappa shape index (κ3) is 33.7. The van der Waals surface area contributed by atoms with Crippen LogP contribution in [-0.2, 0) is 41.9 Å². The minimum Gasteiger partial charge on any atom is -0.361 e. The molecule has 7 amide bonds. The molecule has 6 heterocycles. The summed E-state index contributed by atoms with van der Waals surface area (Å²) < 4.78 is 31.6. The Kier molecular flexibility index (Phi) is 41.1. The standard InChI is InChI=1S/C25H35N3O2.C21H26N2O2.C20H29N3O4.C17H26N2O2.C16H19N3O2.C15H24N2O2/c1-3-28(4-2)17-18-9-8-12-21(15-18)24(20-10-6-5-7-11-20)26-25(29)22-16-23(30-27-22)19-13-14-19;24-21(19-14-20(25-23-19)17-11-12-17)22-18(16-9-5-2-6-10-16)13-15-7-3-1-4-8-15;1-3-19(25)22-15-8-4-13(5-9-15)10-17(24)12(2)21-20(26)16-11-18(27-23-16)14-6-7-14;1-2-6-14(12-7-4-3-5-8-12)18-17(20)15-11-16(21-19-15)13-9-10-13;1-2-11-7-10(9-17)3-6-13(11)18-16(20)14-8-15(21-19-14)12-4-5-12;1-3-4-5-13-10-14(17-19-13)15(18)16-12-8-6-11(2)7-9-12/h8-9,12,15-16,19-20,24H,3-7,10-11,13-14,17H2,1-2H3,(H,26,29);1,3-4,7-8,14,16-18H,2,5-6,9-13H2,(H,22,24);11-15H,3-10H2,1-2H3,(H,21,26)(H,22,25);11-14H,2-10H2,1H3,(H,18,20);3,6-8,12H,2,4-5,9,17H2,1H3,(H,18,20);10-12H,3-9H2,1-2H3,(H,16,18). The van der Waals surface area contributed by atoms with Gasteiger partial charge in [0.1, 0.15) is 34.6 Å². The average Bonchev–Trinajstić information content (AvgIpc) is 1.74. The number of hydrogen-bond donors (Lipinski definition) is 8. The van der Waals surface area contributed by atoms with E-state index >= 15 is 0 Å². The Morgan fingerprint density at radius 1 is 0.413 bits per heavy atom. The number of ketones is 1. The van der Waals surface area contributed by atoms with Gasteiger partial charge in [0.05, 0.1) is 12.1 Å². The van der Waals surface area contributed by atoms with Gasteiger partial charge in [0.2, 0.25) is 5.91 Å². The first-order valence-electron chi connectivity index (χ1n) is 54.7. The molecule has 10 aliphatic carbocycles. The number of Topliss-reactive ketones (excluding diaryl/α,β-unsaturated/α-hetero) is 1. The average molecular weight is 1960 g/mol. The highest BCUT2D eigenvalue weighted by molar-refractivity contribution is 6.03. The van der Waals surface area contributed by atoms with Crippen molar-refractivity contribution in [2.24, 2.45) is 35.3 Å². The molecule has 4 unspecified atom stereocenters. The first kappa shape index (κ1) is 108. The number of nitrogens with two attached hydrogens (primary N) is 1. The summed E-state index contributed by atoms with van der Waals surface area (Å²) in [6.45, 7) is 20.1. The topological polar surface area (TPSA) is 406 Å². The van der Waals surface area contributed by atoms with Crippen LogP contribution in [0, 0.1) is 29.6 Å².